The molecule has 3 atom stereocenters. The van der Waals surface area contributed by atoms with Crippen LogP contribution in [-0.4, -0.2) is 18.9 Å². The average Bonchev–Trinajstić information content (AvgIpc) is 2.16. The summed E-state index contributed by atoms with van der Waals surface area (Å²) in [6, 6.07) is 0. The molecule has 0 aliphatic heterocycles. The van der Waals surface area contributed by atoms with Gasteiger partial charge in [-0.05, 0) is 37.7 Å². The number of hydrogen-bond acceptors (Lipinski definition) is 3. The quantitative estimate of drug-likeness (QED) is 0.534. The van der Waals surface area contributed by atoms with Crippen molar-refractivity contribution in [1.82, 2.24) is 0 Å². The maximum absolute atomic E-state index is 11.3. The molecule has 1 fully saturated rings. The van der Waals surface area contributed by atoms with Crippen LogP contribution >= 0.6 is 0 Å². The van der Waals surface area contributed by atoms with Gasteiger partial charge in [-0.15, -0.1) is 0 Å². The van der Waals surface area contributed by atoms with Crippen molar-refractivity contribution in [2.75, 3.05) is 6.61 Å². The van der Waals surface area contributed by atoms with Crippen molar-refractivity contribution >= 4 is 6.16 Å². The first-order valence-electron chi connectivity index (χ1n) is 5.98. The van der Waals surface area contributed by atoms with Gasteiger partial charge in [-0.3, -0.25) is 0 Å². The van der Waals surface area contributed by atoms with Gasteiger partial charge in [-0.2, -0.15) is 0 Å². The molecular weight excluding hydrogens is 204 g/mol. The number of ether oxygens (including phenoxy) is 2. The molecule has 3 unspecified atom stereocenters. The van der Waals surface area contributed by atoms with Crippen LogP contribution in [0.25, 0.3) is 0 Å². The van der Waals surface area contributed by atoms with Gasteiger partial charge < -0.3 is 9.47 Å². The summed E-state index contributed by atoms with van der Waals surface area (Å²) in [6.45, 7) is 8.79. The van der Waals surface area contributed by atoms with Crippen molar-refractivity contribution in [2.45, 2.75) is 40.2 Å². The molecule has 3 heteroatoms. The van der Waals surface area contributed by atoms with E-state index in [-0.39, 0.29) is 11.5 Å². The van der Waals surface area contributed by atoms with E-state index in [0.717, 1.165) is 6.42 Å². The van der Waals surface area contributed by atoms with Gasteiger partial charge in [0.25, 0.3) is 0 Å². The molecule has 0 radical (unpaired) electrons. The summed E-state index contributed by atoms with van der Waals surface area (Å²) in [7, 11) is 0. The fourth-order valence-electron chi connectivity index (χ4n) is 3.16. The number of carbonyl (C=O) groups is 1. The van der Waals surface area contributed by atoms with Gasteiger partial charge in [-0.1, -0.05) is 19.4 Å². The van der Waals surface area contributed by atoms with Crippen LogP contribution in [0.2, 0.25) is 0 Å². The maximum atomic E-state index is 11.3. The highest BCUT2D eigenvalue weighted by Crippen LogP contribution is 2.59. The lowest BCUT2D eigenvalue weighted by molar-refractivity contribution is -0.0916. The number of rotatable bonds is 2. The van der Waals surface area contributed by atoms with Crippen LogP contribution in [0.4, 0.5) is 4.79 Å². The van der Waals surface area contributed by atoms with Crippen molar-refractivity contribution in [3.63, 3.8) is 0 Å². The molecule has 16 heavy (non-hydrogen) atoms. The molecule has 3 aliphatic carbocycles. The van der Waals surface area contributed by atoms with Gasteiger partial charge in [0.2, 0.25) is 0 Å². The smallest absolute Gasteiger partial charge is 0.435 e. The predicted molar refractivity (Wildman–Crippen MR) is 61.0 cm³/mol. The first kappa shape index (κ1) is 11.5. The van der Waals surface area contributed by atoms with Crippen molar-refractivity contribution in [1.29, 1.82) is 0 Å². The summed E-state index contributed by atoms with van der Waals surface area (Å²) in [5.74, 6) is 1.12. The van der Waals surface area contributed by atoms with Crippen molar-refractivity contribution in [3.05, 3.63) is 11.6 Å². The second kappa shape index (κ2) is 3.79. The highest BCUT2D eigenvalue weighted by molar-refractivity contribution is 5.60. The summed E-state index contributed by atoms with van der Waals surface area (Å²) in [6.07, 6.45) is 2.58. The zero-order valence-electron chi connectivity index (χ0n) is 10.4. The topological polar surface area (TPSA) is 35.5 Å². The number of hydrogen-bond donors (Lipinski definition) is 0. The largest absolute Gasteiger partial charge is 0.508 e. The second-order valence-corrected chi connectivity index (χ2v) is 5.39. The molecule has 0 aromatic carbocycles. The minimum atomic E-state index is -0.544. The van der Waals surface area contributed by atoms with Gasteiger partial charge in [0.1, 0.15) is 6.10 Å². The summed E-state index contributed by atoms with van der Waals surface area (Å²) in [5, 5.41) is 0. The fourth-order valence-corrected chi connectivity index (χ4v) is 3.16. The van der Waals surface area contributed by atoms with Gasteiger partial charge >= 0.3 is 6.16 Å². The molecule has 0 aromatic rings. The van der Waals surface area contributed by atoms with Gasteiger partial charge in [-0.25, -0.2) is 4.79 Å². The third-order valence-corrected chi connectivity index (χ3v) is 4.21. The third kappa shape index (κ3) is 1.62. The first-order chi connectivity index (χ1) is 7.46. The average molecular weight is 224 g/mol. The summed E-state index contributed by atoms with van der Waals surface area (Å²) >= 11 is 0. The van der Waals surface area contributed by atoms with Crippen LogP contribution in [0.15, 0.2) is 11.6 Å². The zero-order chi connectivity index (χ0) is 11.9. The summed E-state index contributed by atoms with van der Waals surface area (Å²) < 4.78 is 10.2. The fraction of sp³-hybridized carbons (Fsp3) is 0.769. The first-order valence-corrected chi connectivity index (χ1v) is 5.98. The lowest BCUT2D eigenvalue weighted by atomic mass is 9.48. The minimum Gasteiger partial charge on any atom is -0.435 e. The van der Waals surface area contributed by atoms with E-state index in [1.165, 1.54) is 5.57 Å². The molecule has 0 N–H and O–H groups in total. The standard InChI is InChI=1S/C13H20O3/c1-5-15-12(14)16-11-6-8(2)9-7-10(11)13(9,3)4/h6,9-11H,5,7H2,1-4H3. The molecule has 3 aliphatic rings. The van der Waals surface area contributed by atoms with Gasteiger partial charge in [0.15, 0.2) is 0 Å². The zero-order valence-corrected chi connectivity index (χ0v) is 10.4. The summed E-state index contributed by atoms with van der Waals surface area (Å²) in [4.78, 5) is 11.3. The van der Waals surface area contributed by atoms with E-state index in [9.17, 15) is 4.79 Å². The SMILES string of the molecule is CCOC(=O)OC1C=C(C)C2CC1C2(C)C. The van der Waals surface area contributed by atoms with Crippen LogP contribution in [0.1, 0.15) is 34.1 Å². The van der Waals surface area contributed by atoms with E-state index in [1.54, 1.807) is 6.92 Å². The molecule has 90 valence electrons. The molecule has 0 aromatic heterocycles. The Labute approximate surface area is 96.8 Å². The van der Waals surface area contributed by atoms with E-state index in [2.05, 4.69) is 26.8 Å². The molecule has 0 spiro atoms. The van der Waals surface area contributed by atoms with Crippen LogP contribution in [0, 0.1) is 17.3 Å². The Morgan fingerprint density at radius 2 is 2.25 bits per heavy atom. The third-order valence-electron chi connectivity index (χ3n) is 4.21. The van der Waals surface area contributed by atoms with Crippen LogP contribution in [0.5, 0.6) is 0 Å². The molecule has 0 amide bonds. The second-order valence-electron chi connectivity index (χ2n) is 5.39. The highest BCUT2D eigenvalue weighted by Gasteiger charge is 2.55. The van der Waals surface area contributed by atoms with E-state index in [1.807, 2.05) is 0 Å². The van der Waals surface area contributed by atoms with Crippen LogP contribution in [0.3, 0.4) is 0 Å². The normalized spacial score (nSPS) is 34.8. The van der Waals surface area contributed by atoms with E-state index >= 15 is 0 Å². The molecule has 1 saturated carbocycles. The Balaban J connectivity index is 2.06. The molecule has 0 heterocycles. The van der Waals surface area contributed by atoms with Crippen molar-refractivity contribution in [3.8, 4) is 0 Å². The number of fused-ring (bicyclic) bond motifs is 1. The lowest BCUT2D eigenvalue weighted by Crippen LogP contribution is -2.54. The van der Waals surface area contributed by atoms with E-state index in [0.29, 0.717) is 18.4 Å². The Kier molecular flexibility index (Phi) is 2.72. The van der Waals surface area contributed by atoms with Crippen molar-refractivity contribution < 1.29 is 14.3 Å². The predicted octanol–water partition coefficient (Wildman–Crippen LogP) is 3.15. The molecular formula is C13H20O3. The van der Waals surface area contributed by atoms with Gasteiger partial charge in [0, 0.05) is 5.92 Å². The number of allylic oxidation sites excluding steroid dienone is 1. The molecule has 2 bridgehead atoms. The molecule has 3 nitrogen and oxygen atoms in total. The van der Waals surface area contributed by atoms with Crippen molar-refractivity contribution in [2.24, 2.45) is 17.3 Å². The lowest BCUT2D eigenvalue weighted by Gasteiger charge is -2.58. The van der Waals surface area contributed by atoms with Crippen LogP contribution < -0.4 is 0 Å². The minimum absolute atomic E-state index is 0.0981. The Hall–Kier alpha value is -0.990. The monoisotopic (exact) mass is 224 g/mol. The Bertz CT molecular complexity index is 330. The van der Waals surface area contributed by atoms with E-state index in [4.69, 9.17) is 9.47 Å². The van der Waals surface area contributed by atoms with E-state index < -0.39 is 6.16 Å². The van der Waals surface area contributed by atoms with Gasteiger partial charge in [0.05, 0.1) is 6.61 Å². The molecule has 0 saturated heterocycles. The molecule has 3 rings (SSSR count). The highest BCUT2D eigenvalue weighted by atomic mass is 16.7. The Morgan fingerprint density at radius 3 is 2.75 bits per heavy atom. The summed E-state index contributed by atoms with van der Waals surface area (Å²) in [5.41, 5.74) is 1.61. The number of carbonyl (C=O) groups excluding carboxylic acids is 1. The van der Waals surface area contributed by atoms with Crippen LogP contribution in [-0.2, 0) is 9.47 Å². The Morgan fingerprint density at radius 1 is 1.56 bits per heavy atom. The maximum Gasteiger partial charge on any atom is 0.508 e.